The van der Waals surface area contributed by atoms with Crippen molar-refractivity contribution in [2.45, 2.75) is 51.7 Å². The second-order valence-electron chi connectivity index (χ2n) is 7.22. The first kappa shape index (κ1) is 22.5. The van der Waals surface area contributed by atoms with Crippen LogP contribution < -0.4 is 5.32 Å². The zero-order valence-electron chi connectivity index (χ0n) is 17.4. The Morgan fingerprint density at radius 3 is 2.48 bits per heavy atom. The number of aryl methyl sites for hydroxylation is 1. The molecule has 1 aliphatic rings. The van der Waals surface area contributed by atoms with Crippen LogP contribution in [-0.2, 0) is 25.5 Å². The van der Waals surface area contributed by atoms with Gasteiger partial charge in [0.05, 0.1) is 19.2 Å². The zero-order valence-corrected chi connectivity index (χ0v) is 17.4. The average molecular weight is 403 g/mol. The predicted octanol–water partition coefficient (Wildman–Crippen LogP) is 1.38. The Hall–Kier alpha value is -2.74. The van der Waals surface area contributed by atoms with E-state index in [1.54, 1.807) is 20.9 Å². The molecule has 0 bridgehead atoms. The van der Waals surface area contributed by atoms with E-state index in [-0.39, 0.29) is 18.9 Å². The number of carbonyl (C=O) groups is 4. The van der Waals surface area contributed by atoms with Crippen molar-refractivity contribution < 1.29 is 23.9 Å². The number of ketones is 1. The lowest BCUT2D eigenvalue weighted by molar-refractivity contribution is -0.146. The molecule has 1 aliphatic heterocycles. The molecule has 1 fully saturated rings. The molecular formula is C21H29N3O5. The molecule has 0 aromatic heterocycles. The number of amides is 3. The van der Waals surface area contributed by atoms with Crippen LogP contribution in [0.5, 0.6) is 0 Å². The summed E-state index contributed by atoms with van der Waals surface area (Å²) in [6.07, 6.45) is 1.06. The molecular weight excluding hydrogens is 374 g/mol. The smallest absolute Gasteiger partial charge is 0.327 e. The Labute approximate surface area is 171 Å². The van der Waals surface area contributed by atoms with Gasteiger partial charge >= 0.3 is 12.0 Å². The minimum atomic E-state index is -0.836. The first-order valence-corrected chi connectivity index (χ1v) is 9.81. The number of ether oxygens (including phenoxy) is 1. The van der Waals surface area contributed by atoms with E-state index in [2.05, 4.69) is 5.32 Å². The van der Waals surface area contributed by atoms with E-state index in [1.165, 1.54) is 11.8 Å². The van der Waals surface area contributed by atoms with E-state index in [0.29, 0.717) is 12.8 Å². The fourth-order valence-corrected chi connectivity index (χ4v) is 3.34. The Morgan fingerprint density at radius 1 is 1.24 bits per heavy atom. The fraction of sp³-hybridized carbons (Fsp3) is 0.524. The summed E-state index contributed by atoms with van der Waals surface area (Å²) in [7, 11) is 1.55. The van der Waals surface area contributed by atoms with Crippen LogP contribution in [0.3, 0.4) is 0 Å². The number of benzene rings is 1. The van der Waals surface area contributed by atoms with Crippen LogP contribution in [0.4, 0.5) is 4.79 Å². The Kier molecular flexibility index (Phi) is 7.90. The molecule has 1 N–H and O–H groups in total. The summed E-state index contributed by atoms with van der Waals surface area (Å²) in [4.78, 5) is 51.9. The van der Waals surface area contributed by atoms with Crippen molar-refractivity contribution in [3.05, 3.63) is 35.9 Å². The zero-order chi connectivity index (χ0) is 21.6. The number of nitrogens with zero attached hydrogens (tertiary/aromatic N) is 2. The molecule has 0 unspecified atom stereocenters. The number of likely N-dealkylation sites (N-methyl/N-ethyl adjacent to an activating group) is 1. The van der Waals surface area contributed by atoms with Gasteiger partial charge in [-0.05, 0) is 39.2 Å². The van der Waals surface area contributed by atoms with Crippen LogP contribution >= 0.6 is 0 Å². The van der Waals surface area contributed by atoms with Crippen molar-refractivity contribution in [3.8, 4) is 0 Å². The first-order chi connectivity index (χ1) is 13.8. The molecule has 0 saturated carbocycles. The number of nitrogens with one attached hydrogen (secondary N) is 1. The molecule has 3 atom stereocenters. The molecule has 0 radical (unpaired) electrons. The highest BCUT2D eigenvalue weighted by atomic mass is 16.5. The van der Waals surface area contributed by atoms with Gasteiger partial charge in [0.15, 0.2) is 5.78 Å². The van der Waals surface area contributed by atoms with Gasteiger partial charge in [0.1, 0.15) is 12.1 Å². The van der Waals surface area contributed by atoms with Crippen LogP contribution in [0.1, 0.15) is 32.8 Å². The topological polar surface area (TPSA) is 96.0 Å². The monoisotopic (exact) mass is 403 g/mol. The largest absolute Gasteiger partial charge is 0.465 e. The lowest BCUT2D eigenvalue weighted by Crippen LogP contribution is -2.54. The van der Waals surface area contributed by atoms with Crippen molar-refractivity contribution in [2.24, 2.45) is 0 Å². The number of esters is 1. The third kappa shape index (κ3) is 5.63. The highest BCUT2D eigenvalue weighted by Crippen LogP contribution is 2.17. The number of imide groups is 1. The van der Waals surface area contributed by atoms with Crippen LogP contribution in [-0.4, -0.2) is 71.8 Å². The Bertz CT molecular complexity index is 752. The number of hydrogen-bond acceptors (Lipinski definition) is 6. The summed E-state index contributed by atoms with van der Waals surface area (Å²) in [6.45, 7) is 5.06. The number of hydrogen-bond donors (Lipinski definition) is 1. The molecule has 1 aromatic rings. The molecule has 29 heavy (non-hydrogen) atoms. The van der Waals surface area contributed by atoms with E-state index >= 15 is 0 Å². The van der Waals surface area contributed by atoms with Crippen LogP contribution in [0.2, 0.25) is 0 Å². The molecule has 158 valence electrons. The minimum Gasteiger partial charge on any atom is -0.465 e. The molecule has 2 rings (SSSR count). The normalized spacial score (nSPS) is 18.5. The summed E-state index contributed by atoms with van der Waals surface area (Å²) in [5, 5.41) is 3.00. The highest BCUT2D eigenvalue weighted by molar-refractivity contribution is 6.03. The molecule has 0 aliphatic carbocycles. The number of rotatable bonds is 9. The van der Waals surface area contributed by atoms with Crippen molar-refractivity contribution >= 4 is 23.7 Å². The molecule has 1 saturated heterocycles. The quantitative estimate of drug-likeness (QED) is 0.626. The van der Waals surface area contributed by atoms with Gasteiger partial charge in [-0.3, -0.25) is 24.6 Å². The maximum atomic E-state index is 12.9. The fourth-order valence-electron chi connectivity index (χ4n) is 3.34. The molecule has 0 spiro atoms. The van der Waals surface area contributed by atoms with Gasteiger partial charge in [-0.15, -0.1) is 0 Å². The van der Waals surface area contributed by atoms with E-state index in [1.807, 2.05) is 30.3 Å². The minimum absolute atomic E-state index is 0.169. The molecule has 3 amide bonds. The molecule has 8 nitrogen and oxygen atoms in total. The lowest BCUT2D eigenvalue weighted by atomic mass is 10.0. The summed E-state index contributed by atoms with van der Waals surface area (Å²) in [5.74, 6) is -1.24. The van der Waals surface area contributed by atoms with E-state index in [4.69, 9.17) is 4.74 Å². The second kappa shape index (κ2) is 10.2. The van der Waals surface area contributed by atoms with E-state index < -0.39 is 36.0 Å². The van der Waals surface area contributed by atoms with Crippen LogP contribution in [0, 0.1) is 0 Å². The molecule has 8 heteroatoms. The van der Waals surface area contributed by atoms with E-state index in [0.717, 1.165) is 10.5 Å². The summed E-state index contributed by atoms with van der Waals surface area (Å²) < 4.78 is 5.14. The van der Waals surface area contributed by atoms with Gasteiger partial charge in [-0.2, -0.15) is 0 Å². The lowest BCUT2D eigenvalue weighted by Gasteiger charge is -2.26. The molecule has 1 aromatic carbocycles. The van der Waals surface area contributed by atoms with Crippen molar-refractivity contribution in [2.75, 3.05) is 20.2 Å². The van der Waals surface area contributed by atoms with Crippen molar-refractivity contribution in [1.82, 2.24) is 15.1 Å². The van der Waals surface area contributed by atoms with Crippen molar-refractivity contribution in [1.29, 1.82) is 0 Å². The summed E-state index contributed by atoms with van der Waals surface area (Å²) in [6, 6.07) is 6.83. The van der Waals surface area contributed by atoms with Gasteiger partial charge < -0.3 is 9.64 Å². The highest BCUT2D eigenvalue weighted by Gasteiger charge is 2.43. The predicted molar refractivity (Wildman–Crippen MR) is 107 cm³/mol. The van der Waals surface area contributed by atoms with Crippen molar-refractivity contribution in [3.63, 3.8) is 0 Å². The van der Waals surface area contributed by atoms with Gasteiger partial charge in [-0.1, -0.05) is 30.3 Å². The molecule has 1 heterocycles. The third-order valence-corrected chi connectivity index (χ3v) is 4.96. The number of Topliss-reactive ketones (excluding diaryl/α,β-unsaturated/α-hetero) is 1. The maximum Gasteiger partial charge on any atom is 0.327 e. The Morgan fingerprint density at radius 2 is 1.90 bits per heavy atom. The second-order valence-corrected chi connectivity index (χ2v) is 7.22. The SMILES string of the molecule is CCOC(=O)[C@H](CCc1ccccc1)N[C@@H](C)C(=O)N1C(=O)N(C)C[C@H]1C(C)=O. The Balaban J connectivity index is 2.09. The van der Waals surface area contributed by atoms with Gasteiger partial charge in [0, 0.05) is 7.05 Å². The first-order valence-electron chi connectivity index (χ1n) is 9.81. The summed E-state index contributed by atoms with van der Waals surface area (Å²) >= 11 is 0. The van der Waals surface area contributed by atoms with Crippen LogP contribution in [0.15, 0.2) is 30.3 Å². The third-order valence-electron chi connectivity index (χ3n) is 4.96. The number of carbonyl (C=O) groups excluding carboxylic acids is 4. The summed E-state index contributed by atoms with van der Waals surface area (Å²) in [5.41, 5.74) is 1.07. The van der Waals surface area contributed by atoms with E-state index in [9.17, 15) is 19.2 Å². The maximum absolute atomic E-state index is 12.9. The standard InChI is InChI=1S/C21H29N3O5/c1-5-29-20(27)17(12-11-16-9-7-6-8-10-16)22-14(2)19(26)24-18(15(3)25)13-23(4)21(24)28/h6-10,14,17-18,22H,5,11-13H2,1-4H3/t14-,17-,18-/m0/s1. The van der Waals surface area contributed by atoms with Gasteiger partial charge in [0.25, 0.3) is 0 Å². The average Bonchev–Trinajstić information content (AvgIpc) is 3.00. The van der Waals surface area contributed by atoms with Crippen LogP contribution in [0.25, 0.3) is 0 Å². The number of urea groups is 1. The van der Waals surface area contributed by atoms with Gasteiger partial charge in [-0.25, -0.2) is 4.79 Å². The van der Waals surface area contributed by atoms with Gasteiger partial charge in [0.2, 0.25) is 5.91 Å².